The molecule has 1 N–H and O–H groups in total. The molecule has 1 unspecified atom stereocenters. The highest BCUT2D eigenvalue weighted by molar-refractivity contribution is 5.93. The van der Waals surface area contributed by atoms with E-state index in [9.17, 15) is 14.0 Å². The molecule has 1 atom stereocenters. The van der Waals surface area contributed by atoms with Crippen LogP contribution in [0.2, 0.25) is 0 Å². The van der Waals surface area contributed by atoms with Gasteiger partial charge >= 0.3 is 0 Å². The van der Waals surface area contributed by atoms with E-state index in [0.717, 1.165) is 10.2 Å². The predicted molar refractivity (Wildman–Crippen MR) is 98.4 cm³/mol. The number of aromatic nitrogens is 2. The Bertz CT molecular complexity index is 999. The van der Waals surface area contributed by atoms with Crippen LogP contribution in [0.25, 0.3) is 11.3 Å². The van der Waals surface area contributed by atoms with Crippen molar-refractivity contribution in [3.63, 3.8) is 0 Å². The van der Waals surface area contributed by atoms with Crippen LogP contribution in [0.1, 0.15) is 18.5 Å². The molecule has 26 heavy (non-hydrogen) atoms. The molecule has 6 heteroatoms. The van der Waals surface area contributed by atoms with E-state index in [-0.39, 0.29) is 5.56 Å². The molecule has 3 aromatic rings. The van der Waals surface area contributed by atoms with Crippen molar-refractivity contribution in [2.24, 2.45) is 0 Å². The van der Waals surface area contributed by atoms with Crippen molar-refractivity contribution < 1.29 is 9.18 Å². The third kappa shape index (κ3) is 3.69. The molecular weight excluding hydrogens is 333 g/mol. The van der Waals surface area contributed by atoms with Gasteiger partial charge in [0, 0.05) is 17.3 Å². The normalized spacial score (nSPS) is 11.8. The Morgan fingerprint density at radius 1 is 1.12 bits per heavy atom. The van der Waals surface area contributed by atoms with E-state index in [0.29, 0.717) is 16.9 Å². The third-order valence-electron chi connectivity index (χ3n) is 4.08. The first-order valence-electron chi connectivity index (χ1n) is 8.18. The molecule has 1 amide bonds. The minimum Gasteiger partial charge on any atom is -0.324 e. The Kier molecular flexibility index (Phi) is 4.93. The van der Waals surface area contributed by atoms with Crippen molar-refractivity contribution >= 4 is 11.6 Å². The lowest BCUT2D eigenvalue weighted by atomic mass is 10.1. The number of carbonyl (C=O) groups excluding carboxylic acids is 1. The summed E-state index contributed by atoms with van der Waals surface area (Å²) in [5.41, 5.74) is 1.87. The van der Waals surface area contributed by atoms with E-state index in [1.807, 2.05) is 30.3 Å². The van der Waals surface area contributed by atoms with Crippen LogP contribution in [0.5, 0.6) is 0 Å². The van der Waals surface area contributed by atoms with Crippen molar-refractivity contribution in [2.75, 3.05) is 5.32 Å². The first-order chi connectivity index (χ1) is 12.5. The molecule has 0 spiro atoms. The summed E-state index contributed by atoms with van der Waals surface area (Å²) in [4.78, 5) is 24.6. The predicted octanol–water partition coefficient (Wildman–Crippen LogP) is 3.56. The zero-order valence-electron chi connectivity index (χ0n) is 14.4. The smallest absolute Gasteiger partial charge is 0.267 e. The van der Waals surface area contributed by atoms with Crippen LogP contribution in [-0.2, 0) is 4.79 Å². The summed E-state index contributed by atoms with van der Waals surface area (Å²) in [6.07, 6.45) is 0. The van der Waals surface area contributed by atoms with Gasteiger partial charge in [0.15, 0.2) is 0 Å². The SMILES string of the molecule is Cc1ccc(NC(=O)C(C)n2nc(-c3ccccc3)ccc2=O)cc1F. The lowest BCUT2D eigenvalue weighted by Crippen LogP contribution is -2.33. The topological polar surface area (TPSA) is 64.0 Å². The Hall–Kier alpha value is -3.28. The van der Waals surface area contributed by atoms with E-state index in [4.69, 9.17) is 0 Å². The third-order valence-corrected chi connectivity index (χ3v) is 4.08. The Balaban J connectivity index is 1.86. The quantitative estimate of drug-likeness (QED) is 0.782. The number of carbonyl (C=O) groups is 1. The Labute approximate surface area is 150 Å². The summed E-state index contributed by atoms with van der Waals surface area (Å²) in [6.45, 7) is 3.21. The number of hydrogen-bond acceptors (Lipinski definition) is 3. The van der Waals surface area contributed by atoms with Crippen molar-refractivity contribution in [3.8, 4) is 11.3 Å². The highest BCUT2D eigenvalue weighted by Gasteiger charge is 2.18. The molecule has 0 aliphatic heterocycles. The monoisotopic (exact) mass is 351 g/mol. The largest absolute Gasteiger partial charge is 0.324 e. The summed E-state index contributed by atoms with van der Waals surface area (Å²) in [6, 6.07) is 16.0. The van der Waals surface area contributed by atoms with Gasteiger partial charge in [-0.2, -0.15) is 5.10 Å². The van der Waals surface area contributed by atoms with E-state index in [1.165, 1.54) is 12.1 Å². The van der Waals surface area contributed by atoms with Gasteiger partial charge in [-0.15, -0.1) is 0 Å². The van der Waals surface area contributed by atoms with Crippen molar-refractivity contribution in [2.45, 2.75) is 19.9 Å². The number of nitrogens with zero attached hydrogens (tertiary/aromatic N) is 2. The zero-order valence-corrected chi connectivity index (χ0v) is 14.4. The molecule has 1 heterocycles. The van der Waals surface area contributed by atoms with Crippen LogP contribution in [0.4, 0.5) is 10.1 Å². The standard InChI is InChI=1S/C20H18FN3O2/c1-13-8-9-16(12-17(13)21)22-20(26)14(2)24-19(25)11-10-18(23-24)15-6-4-3-5-7-15/h3-12,14H,1-2H3,(H,22,26). The molecule has 3 rings (SSSR count). The summed E-state index contributed by atoms with van der Waals surface area (Å²) < 4.78 is 14.8. The Morgan fingerprint density at radius 2 is 1.85 bits per heavy atom. The molecule has 2 aromatic carbocycles. The first-order valence-corrected chi connectivity index (χ1v) is 8.18. The average molecular weight is 351 g/mol. The van der Waals surface area contributed by atoms with E-state index < -0.39 is 17.8 Å². The second kappa shape index (κ2) is 7.31. The lowest BCUT2D eigenvalue weighted by Gasteiger charge is -2.15. The van der Waals surface area contributed by atoms with Crippen molar-refractivity contribution in [1.29, 1.82) is 0 Å². The number of nitrogens with one attached hydrogen (secondary N) is 1. The van der Waals surface area contributed by atoms with Crippen LogP contribution >= 0.6 is 0 Å². The maximum atomic E-state index is 13.6. The van der Waals surface area contributed by atoms with Crippen molar-refractivity contribution in [3.05, 3.63) is 82.4 Å². The van der Waals surface area contributed by atoms with Gasteiger partial charge in [-0.25, -0.2) is 9.07 Å². The van der Waals surface area contributed by atoms with Gasteiger partial charge in [0.25, 0.3) is 5.56 Å². The van der Waals surface area contributed by atoms with Gasteiger partial charge in [-0.3, -0.25) is 9.59 Å². The fourth-order valence-corrected chi connectivity index (χ4v) is 2.49. The minimum atomic E-state index is -0.851. The summed E-state index contributed by atoms with van der Waals surface area (Å²) >= 11 is 0. The van der Waals surface area contributed by atoms with Crippen LogP contribution < -0.4 is 10.9 Å². The molecule has 0 bridgehead atoms. The highest BCUT2D eigenvalue weighted by atomic mass is 19.1. The molecule has 0 saturated heterocycles. The molecule has 0 aliphatic rings. The van der Waals surface area contributed by atoms with E-state index in [2.05, 4.69) is 10.4 Å². The van der Waals surface area contributed by atoms with Crippen LogP contribution in [0.3, 0.4) is 0 Å². The number of hydrogen-bond donors (Lipinski definition) is 1. The molecular formula is C20H18FN3O2. The van der Waals surface area contributed by atoms with Gasteiger partial charge in [0.05, 0.1) is 5.69 Å². The molecule has 1 aromatic heterocycles. The number of rotatable bonds is 4. The van der Waals surface area contributed by atoms with Gasteiger partial charge in [0.2, 0.25) is 5.91 Å². The van der Waals surface area contributed by atoms with Gasteiger partial charge in [-0.1, -0.05) is 36.4 Å². The fourth-order valence-electron chi connectivity index (χ4n) is 2.49. The maximum absolute atomic E-state index is 13.6. The Morgan fingerprint density at radius 3 is 2.54 bits per heavy atom. The van der Waals surface area contributed by atoms with E-state index in [1.54, 1.807) is 32.0 Å². The minimum absolute atomic E-state index is 0.331. The molecule has 0 radical (unpaired) electrons. The molecule has 0 aliphatic carbocycles. The maximum Gasteiger partial charge on any atom is 0.267 e. The second-order valence-electron chi connectivity index (χ2n) is 6.00. The van der Waals surface area contributed by atoms with Gasteiger partial charge in [0.1, 0.15) is 11.9 Å². The lowest BCUT2D eigenvalue weighted by molar-refractivity contribution is -0.119. The first kappa shape index (κ1) is 17.5. The van der Waals surface area contributed by atoms with Crippen LogP contribution in [0, 0.1) is 12.7 Å². The number of anilines is 1. The second-order valence-corrected chi connectivity index (χ2v) is 6.00. The number of benzene rings is 2. The summed E-state index contributed by atoms with van der Waals surface area (Å²) in [5.74, 6) is -0.857. The number of halogens is 1. The summed E-state index contributed by atoms with van der Waals surface area (Å²) in [5, 5.41) is 6.92. The van der Waals surface area contributed by atoms with Crippen LogP contribution in [0.15, 0.2) is 65.5 Å². The molecule has 132 valence electrons. The fraction of sp³-hybridized carbons (Fsp3) is 0.150. The number of aryl methyl sites for hydroxylation is 1. The molecule has 5 nitrogen and oxygen atoms in total. The number of amides is 1. The molecule has 0 fully saturated rings. The summed E-state index contributed by atoms with van der Waals surface area (Å²) in [7, 11) is 0. The average Bonchev–Trinajstić information content (AvgIpc) is 2.65. The van der Waals surface area contributed by atoms with Crippen molar-refractivity contribution in [1.82, 2.24) is 9.78 Å². The highest BCUT2D eigenvalue weighted by Crippen LogP contribution is 2.17. The van der Waals surface area contributed by atoms with Gasteiger partial charge in [-0.05, 0) is 37.6 Å². The molecule has 0 saturated carbocycles. The van der Waals surface area contributed by atoms with Gasteiger partial charge < -0.3 is 5.32 Å². The van der Waals surface area contributed by atoms with Crippen LogP contribution in [-0.4, -0.2) is 15.7 Å². The van der Waals surface area contributed by atoms with E-state index >= 15 is 0 Å². The zero-order chi connectivity index (χ0) is 18.7.